The maximum atomic E-state index is 11.0. The van der Waals surface area contributed by atoms with Crippen LogP contribution in [0.4, 0.5) is 4.79 Å². The van der Waals surface area contributed by atoms with E-state index in [0.29, 0.717) is 0 Å². The van der Waals surface area contributed by atoms with Crippen LogP contribution in [0.15, 0.2) is 0 Å². The van der Waals surface area contributed by atoms with Crippen molar-refractivity contribution in [2.24, 2.45) is 0 Å². The minimum absolute atomic E-state index is 0.114. The van der Waals surface area contributed by atoms with E-state index in [1.807, 2.05) is 5.32 Å². The molecule has 0 saturated carbocycles. The first kappa shape index (κ1) is 15.4. The summed E-state index contributed by atoms with van der Waals surface area (Å²) in [5.74, 6) is -2.11. The van der Waals surface area contributed by atoms with E-state index in [-0.39, 0.29) is 25.1 Å². The van der Waals surface area contributed by atoms with Crippen LogP contribution in [0.5, 0.6) is 0 Å². The molecule has 0 aliphatic heterocycles. The smallest absolute Gasteiger partial charge is 0.321 e. The molecule has 0 saturated heterocycles. The number of hydrogen-bond donors (Lipinski definition) is 3. The number of carboxylic acid groups (broad SMARTS) is 1. The van der Waals surface area contributed by atoms with Gasteiger partial charge in [-0.3, -0.25) is 14.9 Å². The van der Waals surface area contributed by atoms with Crippen LogP contribution in [0.3, 0.4) is 0 Å². The summed E-state index contributed by atoms with van der Waals surface area (Å²) >= 11 is 0. The molecule has 3 amide bonds. The number of urea groups is 1. The molecule has 0 aliphatic rings. The summed E-state index contributed by atoms with van der Waals surface area (Å²) < 4.78 is 21.4. The lowest BCUT2D eigenvalue weighted by Gasteiger charge is -2.05. The summed E-state index contributed by atoms with van der Waals surface area (Å²) in [4.78, 5) is 32.1. The Bertz CT molecular complexity index is 402. The maximum Gasteiger partial charge on any atom is 0.321 e. The number of amides is 3. The van der Waals surface area contributed by atoms with Crippen LogP contribution < -0.4 is 10.6 Å². The molecule has 0 fully saturated rings. The maximum absolute atomic E-state index is 11.0. The van der Waals surface area contributed by atoms with Gasteiger partial charge in [-0.25, -0.2) is 13.2 Å². The molecule has 0 aromatic heterocycles. The molecule has 0 aromatic rings. The van der Waals surface area contributed by atoms with Gasteiger partial charge in [-0.05, 0) is 0 Å². The number of carbonyl (C=O) groups is 3. The van der Waals surface area contributed by atoms with E-state index in [0.717, 1.165) is 6.26 Å². The molecule has 0 spiro atoms. The molecule has 0 aromatic carbocycles. The van der Waals surface area contributed by atoms with E-state index in [9.17, 15) is 22.8 Å². The van der Waals surface area contributed by atoms with E-state index in [4.69, 9.17) is 5.11 Å². The summed E-state index contributed by atoms with van der Waals surface area (Å²) in [6, 6.07) is -0.843. The molecule has 0 atom stereocenters. The quantitative estimate of drug-likeness (QED) is 0.549. The fraction of sp³-hybridized carbons (Fsp3) is 0.625. The Hall–Kier alpha value is -1.64. The third kappa shape index (κ3) is 10.6. The normalized spacial score (nSPS) is 10.6. The van der Waals surface area contributed by atoms with Gasteiger partial charge in [0.25, 0.3) is 0 Å². The number of rotatable bonds is 6. The van der Waals surface area contributed by atoms with Gasteiger partial charge in [0.15, 0.2) is 0 Å². The van der Waals surface area contributed by atoms with Gasteiger partial charge in [0.05, 0.1) is 12.2 Å². The van der Waals surface area contributed by atoms with Crippen molar-refractivity contribution >= 4 is 27.7 Å². The van der Waals surface area contributed by atoms with Gasteiger partial charge >= 0.3 is 12.0 Å². The molecule has 9 heteroatoms. The lowest BCUT2D eigenvalue weighted by molar-refractivity contribution is -0.138. The van der Waals surface area contributed by atoms with E-state index in [1.165, 1.54) is 0 Å². The molecular weight excluding hydrogens is 252 g/mol. The van der Waals surface area contributed by atoms with Crippen LogP contribution in [0.1, 0.15) is 12.8 Å². The van der Waals surface area contributed by atoms with Crippen molar-refractivity contribution in [2.75, 3.05) is 18.6 Å². The zero-order chi connectivity index (χ0) is 13.5. The average Bonchev–Trinajstić information content (AvgIpc) is 2.12. The predicted octanol–water partition coefficient (Wildman–Crippen LogP) is -1.28. The Balaban J connectivity index is 3.79. The van der Waals surface area contributed by atoms with Gasteiger partial charge in [0, 0.05) is 19.2 Å². The van der Waals surface area contributed by atoms with Gasteiger partial charge in [0.2, 0.25) is 5.91 Å². The van der Waals surface area contributed by atoms with Crippen LogP contribution in [0.25, 0.3) is 0 Å². The molecule has 8 nitrogen and oxygen atoms in total. The minimum atomic E-state index is -3.17. The standard InChI is InChI=1S/C8H14N2O6S/c1-17(15,16)5-4-9-8(14)10-6(11)2-3-7(12)13/h2-5H2,1H3,(H,12,13)(H2,9,10,11,14). The molecule has 3 N–H and O–H groups in total. The number of sulfone groups is 1. The molecule has 0 rings (SSSR count). The molecule has 0 aliphatic carbocycles. The Kier molecular flexibility index (Phi) is 6.18. The van der Waals surface area contributed by atoms with Gasteiger partial charge < -0.3 is 10.4 Å². The minimum Gasteiger partial charge on any atom is -0.481 e. The Morgan fingerprint density at radius 1 is 1.18 bits per heavy atom. The number of aliphatic carboxylic acids is 1. The zero-order valence-corrected chi connectivity index (χ0v) is 10.0. The lowest BCUT2D eigenvalue weighted by Crippen LogP contribution is -2.41. The second-order valence-electron chi connectivity index (χ2n) is 3.33. The largest absolute Gasteiger partial charge is 0.481 e. The van der Waals surface area contributed by atoms with Gasteiger partial charge in [-0.2, -0.15) is 0 Å². The van der Waals surface area contributed by atoms with Crippen molar-refractivity contribution < 1.29 is 27.9 Å². The Morgan fingerprint density at radius 3 is 2.24 bits per heavy atom. The van der Waals surface area contributed by atoms with Crippen LogP contribution >= 0.6 is 0 Å². The number of imide groups is 1. The van der Waals surface area contributed by atoms with Crippen molar-refractivity contribution in [1.82, 2.24) is 10.6 Å². The highest BCUT2D eigenvalue weighted by atomic mass is 32.2. The molecule has 0 heterocycles. The predicted molar refractivity (Wildman–Crippen MR) is 58.1 cm³/mol. The van der Waals surface area contributed by atoms with Crippen molar-refractivity contribution in [3.05, 3.63) is 0 Å². The van der Waals surface area contributed by atoms with Crippen LogP contribution in [-0.2, 0) is 19.4 Å². The number of hydrogen-bond acceptors (Lipinski definition) is 5. The highest BCUT2D eigenvalue weighted by Gasteiger charge is 2.10. The number of carbonyl (C=O) groups excluding carboxylic acids is 2. The summed E-state index contributed by atoms with van der Waals surface area (Å²) in [6.07, 6.45) is 0.335. The zero-order valence-electron chi connectivity index (χ0n) is 9.23. The van der Waals surface area contributed by atoms with Gasteiger partial charge in [0.1, 0.15) is 9.84 Å². The fourth-order valence-electron chi connectivity index (χ4n) is 0.804. The van der Waals surface area contributed by atoms with E-state index >= 15 is 0 Å². The topological polar surface area (TPSA) is 130 Å². The van der Waals surface area contributed by atoms with Crippen LogP contribution in [0, 0.1) is 0 Å². The molecule has 0 unspecified atom stereocenters. The van der Waals surface area contributed by atoms with Gasteiger partial charge in [-0.15, -0.1) is 0 Å². The summed E-state index contributed by atoms with van der Waals surface area (Å²) in [6.45, 7) is -0.114. The summed E-state index contributed by atoms with van der Waals surface area (Å²) in [5, 5.41) is 12.3. The third-order valence-electron chi connectivity index (χ3n) is 1.58. The highest BCUT2D eigenvalue weighted by molar-refractivity contribution is 7.90. The molecular formula is C8H14N2O6S. The number of carboxylic acids is 1. The average molecular weight is 266 g/mol. The second kappa shape index (κ2) is 6.84. The highest BCUT2D eigenvalue weighted by Crippen LogP contribution is 1.88. The summed E-state index contributed by atoms with van der Waals surface area (Å²) in [7, 11) is -3.17. The van der Waals surface area contributed by atoms with Crippen molar-refractivity contribution in [1.29, 1.82) is 0 Å². The molecule has 98 valence electrons. The van der Waals surface area contributed by atoms with E-state index in [2.05, 4.69) is 5.32 Å². The first-order valence-electron chi connectivity index (χ1n) is 4.68. The summed E-state index contributed by atoms with van der Waals surface area (Å²) in [5.41, 5.74) is 0. The van der Waals surface area contributed by atoms with E-state index < -0.39 is 27.7 Å². The van der Waals surface area contributed by atoms with Crippen molar-refractivity contribution in [2.45, 2.75) is 12.8 Å². The van der Waals surface area contributed by atoms with Crippen molar-refractivity contribution in [3.8, 4) is 0 Å². The van der Waals surface area contributed by atoms with Crippen molar-refractivity contribution in [3.63, 3.8) is 0 Å². The number of nitrogens with one attached hydrogen (secondary N) is 2. The first-order valence-corrected chi connectivity index (χ1v) is 6.74. The van der Waals surface area contributed by atoms with Gasteiger partial charge in [-0.1, -0.05) is 0 Å². The lowest BCUT2D eigenvalue weighted by atomic mass is 10.3. The fourth-order valence-corrected chi connectivity index (χ4v) is 1.28. The van der Waals surface area contributed by atoms with Crippen LogP contribution in [-0.4, -0.2) is 50.0 Å². The third-order valence-corrected chi connectivity index (χ3v) is 2.52. The Morgan fingerprint density at radius 2 is 1.76 bits per heavy atom. The molecule has 0 bridgehead atoms. The first-order chi connectivity index (χ1) is 7.70. The Labute approximate surface area is 98.3 Å². The monoisotopic (exact) mass is 266 g/mol. The van der Waals surface area contributed by atoms with Crippen LogP contribution in [0.2, 0.25) is 0 Å². The SMILES string of the molecule is CS(=O)(=O)CCNC(=O)NC(=O)CCC(=O)O. The van der Waals surface area contributed by atoms with E-state index in [1.54, 1.807) is 0 Å². The molecule has 0 radical (unpaired) electrons. The second-order valence-corrected chi connectivity index (χ2v) is 5.59. The molecule has 17 heavy (non-hydrogen) atoms.